The maximum atomic E-state index is 9.19. The quantitative estimate of drug-likeness (QED) is 0.730. The summed E-state index contributed by atoms with van der Waals surface area (Å²) < 4.78 is 0. The van der Waals surface area contributed by atoms with E-state index in [0.29, 0.717) is 5.75 Å². The lowest BCUT2D eigenvalue weighted by molar-refractivity contribution is 0.478. The zero-order chi connectivity index (χ0) is 9.26. The predicted molar refractivity (Wildman–Crippen MR) is 56.2 cm³/mol. The number of aromatic hydroxyl groups is 1. The third-order valence-electron chi connectivity index (χ3n) is 1.89. The molecule has 0 saturated carbocycles. The van der Waals surface area contributed by atoms with E-state index in [1.165, 1.54) is 11.1 Å². The van der Waals surface area contributed by atoms with Crippen LogP contribution >= 0.6 is 11.3 Å². The minimum absolute atomic E-state index is 0.349. The maximum absolute atomic E-state index is 9.19. The van der Waals surface area contributed by atoms with Gasteiger partial charge in [0.05, 0.1) is 0 Å². The molecule has 0 atom stereocenters. The van der Waals surface area contributed by atoms with Crippen LogP contribution in [0.25, 0.3) is 10.4 Å². The summed E-state index contributed by atoms with van der Waals surface area (Å²) in [7, 11) is 0. The van der Waals surface area contributed by atoms with Crippen molar-refractivity contribution in [1.82, 2.24) is 0 Å². The Labute approximate surface area is 81.3 Å². The van der Waals surface area contributed by atoms with Crippen LogP contribution in [0, 0.1) is 6.92 Å². The van der Waals surface area contributed by atoms with E-state index in [9.17, 15) is 5.11 Å². The topological polar surface area (TPSA) is 20.2 Å². The molecule has 0 aliphatic rings. The molecule has 0 saturated heterocycles. The lowest BCUT2D eigenvalue weighted by atomic mass is 10.1. The van der Waals surface area contributed by atoms with Crippen molar-refractivity contribution in [2.45, 2.75) is 6.92 Å². The van der Waals surface area contributed by atoms with Gasteiger partial charge in [0.2, 0.25) is 0 Å². The molecule has 1 aromatic carbocycles. The molecule has 1 N–H and O–H groups in total. The average Bonchev–Trinajstić information content (AvgIpc) is 2.52. The molecule has 0 spiro atoms. The summed E-state index contributed by atoms with van der Waals surface area (Å²) in [6.07, 6.45) is 0. The fourth-order valence-electron chi connectivity index (χ4n) is 1.28. The molecule has 0 amide bonds. The van der Waals surface area contributed by atoms with Crippen molar-refractivity contribution >= 4 is 11.3 Å². The SMILES string of the molecule is Cc1cccc(-c2cc(O)cs2)c1. The average molecular weight is 190 g/mol. The Morgan fingerprint density at radius 2 is 2.08 bits per heavy atom. The molecule has 1 aromatic heterocycles. The van der Waals surface area contributed by atoms with Crippen molar-refractivity contribution < 1.29 is 5.11 Å². The molecule has 66 valence electrons. The highest BCUT2D eigenvalue weighted by Crippen LogP contribution is 2.30. The van der Waals surface area contributed by atoms with Crippen molar-refractivity contribution in [2.75, 3.05) is 0 Å². The fourth-order valence-corrected chi connectivity index (χ4v) is 2.04. The van der Waals surface area contributed by atoms with Crippen LogP contribution in [0.2, 0.25) is 0 Å². The smallest absolute Gasteiger partial charge is 0.126 e. The third kappa shape index (κ3) is 1.73. The van der Waals surface area contributed by atoms with Crippen LogP contribution < -0.4 is 0 Å². The van der Waals surface area contributed by atoms with E-state index in [0.717, 1.165) is 4.88 Å². The second-order valence-corrected chi connectivity index (χ2v) is 3.95. The van der Waals surface area contributed by atoms with E-state index in [1.54, 1.807) is 22.8 Å². The van der Waals surface area contributed by atoms with Crippen molar-refractivity contribution in [3.05, 3.63) is 41.3 Å². The zero-order valence-corrected chi connectivity index (χ0v) is 8.14. The summed E-state index contributed by atoms with van der Waals surface area (Å²) in [4.78, 5) is 1.11. The van der Waals surface area contributed by atoms with Gasteiger partial charge in [0, 0.05) is 10.3 Å². The summed E-state index contributed by atoms with van der Waals surface area (Å²) in [5, 5.41) is 10.9. The standard InChI is InChI=1S/C11H10OS/c1-8-3-2-4-9(5-8)11-6-10(12)7-13-11/h2-7,12H,1H3. The van der Waals surface area contributed by atoms with Gasteiger partial charge >= 0.3 is 0 Å². The van der Waals surface area contributed by atoms with Gasteiger partial charge in [0.25, 0.3) is 0 Å². The molecule has 0 fully saturated rings. The number of benzene rings is 1. The molecule has 2 aromatic rings. The van der Waals surface area contributed by atoms with Crippen LogP contribution in [-0.2, 0) is 0 Å². The van der Waals surface area contributed by atoms with Gasteiger partial charge in [-0.15, -0.1) is 11.3 Å². The van der Waals surface area contributed by atoms with Gasteiger partial charge in [0.1, 0.15) is 5.75 Å². The fraction of sp³-hybridized carbons (Fsp3) is 0.0909. The van der Waals surface area contributed by atoms with Crippen molar-refractivity contribution in [1.29, 1.82) is 0 Å². The predicted octanol–water partition coefficient (Wildman–Crippen LogP) is 3.43. The van der Waals surface area contributed by atoms with E-state index in [2.05, 4.69) is 25.1 Å². The van der Waals surface area contributed by atoms with E-state index in [4.69, 9.17) is 0 Å². The Bertz CT molecular complexity index is 418. The Morgan fingerprint density at radius 3 is 2.69 bits per heavy atom. The molecule has 13 heavy (non-hydrogen) atoms. The van der Waals surface area contributed by atoms with Gasteiger partial charge < -0.3 is 5.11 Å². The number of hydrogen-bond donors (Lipinski definition) is 1. The Balaban J connectivity index is 2.46. The van der Waals surface area contributed by atoms with Gasteiger partial charge in [-0.3, -0.25) is 0 Å². The first-order valence-electron chi connectivity index (χ1n) is 4.10. The first-order valence-corrected chi connectivity index (χ1v) is 4.98. The summed E-state index contributed by atoms with van der Waals surface area (Å²) in [5.41, 5.74) is 2.41. The normalized spacial score (nSPS) is 10.2. The van der Waals surface area contributed by atoms with Crippen molar-refractivity contribution in [3.63, 3.8) is 0 Å². The number of aryl methyl sites for hydroxylation is 1. The molecule has 0 aliphatic heterocycles. The van der Waals surface area contributed by atoms with E-state index in [1.807, 2.05) is 6.07 Å². The minimum atomic E-state index is 0.349. The van der Waals surface area contributed by atoms with E-state index < -0.39 is 0 Å². The first kappa shape index (κ1) is 8.32. The Hall–Kier alpha value is -1.28. The molecule has 0 aliphatic carbocycles. The Kier molecular flexibility index (Phi) is 2.07. The molecule has 0 radical (unpaired) electrons. The highest BCUT2D eigenvalue weighted by atomic mass is 32.1. The highest BCUT2D eigenvalue weighted by molar-refractivity contribution is 7.13. The second-order valence-electron chi connectivity index (χ2n) is 3.04. The van der Waals surface area contributed by atoms with Crippen LogP contribution in [0.4, 0.5) is 0 Å². The molecule has 1 heterocycles. The van der Waals surface area contributed by atoms with Gasteiger partial charge in [-0.1, -0.05) is 29.8 Å². The van der Waals surface area contributed by atoms with Gasteiger partial charge in [-0.05, 0) is 18.6 Å². The van der Waals surface area contributed by atoms with Gasteiger partial charge in [-0.25, -0.2) is 0 Å². The number of thiophene rings is 1. The maximum Gasteiger partial charge on any atom is 0.126 e. The monoisotopic (exact) mass is 190 g/mol. The third-order valence-corrected chi connectivity index (χ3v) is 2.86. The van der Waals surface area contributed by atoms with Crippen LogP contribution in [0.3, 0.4) is 0 Å². The number of hydrogen-bond acceptors (Lipinski definition) is 2. The van der Waals surface area contributed by atoms with Crippen LogP contribution in [0.5, 0.6) is 5.75 Å². The lowest BCUT2D eigenvalue weighted by Crippen LogP contribution is -1.73. The van der Waals surface area contributed by atoms with Gasteiger partial charge in [-0.2, -0.15) is 0 Å². The summed E-state index contributed by atoms with van der Waals surface area (Å²) in [6.45, 7) is 2.07. The molecular weight excluding hydrogens is 180 g/mol. The zero-order valence-electron chi connectivity index (χ0n) is 7.32. The van der Waals surface area contributed by atoms with E-state index in [-0.39, 0.29) is 0 Å². The molecule has 0 unspecified atom stereocenters. The number of rotatable bonds is 1. The van der Waals surface area contributed by atoms with Crippen LogP contribution in [0.1, 0.15) is 5.56 Å². The molecular formula is C11H10OS. The highest BCUT2D eigenvalue weighted by Gasteiger charge is 2.00. The summed E-state index contributed by atoms with van der Waals surface area (Å²) >= 11 is 1.56. The van der Waals surface area contributed by atoms with E-state index >= 15 is 0 Å². The molecule has 2 rings (SSSR count). The van der Waals surface area contributed by atoms with Crippen molar-refractivity contribution in [3.8, 4) is 16.2 Å². The molecule has 2 heteroatoms. The Morgan fingerprint density at radius 1 is 1.23 bits per heavy atom. The summed E-state index contributed by atoms with van der Waals surface area (Å²) in [6, 6.07) is 10.1. The van der Waals surface area contributed by atoms with Crippen LogP contribution in [0.15, 0.2) is 35.7 Å². The first-order chi connectivity index (χ1) is 6.25. The largest absolute Gasteiger partial charge is 0.507 e. The van der Waals surface area contributed by atoms with Crippen LogP contribution in [-0.4, -0.2) is 5.11 Å². The van der Waals surface area contributed by atoms with Gasteiger partial charge in [0.15, 0.2) is 0 Å². The molecule has 1 nitrogen and oxygen atoms in total. The minimum Gasteiger partial charge on any atom is -0.507 e. The second kappa shape index (κ2) is 3.23. The molecule has 0 bridgehead atoms. The summed E-state index contributed by atoms with van der Waals surface area (Å²) in [5.74, 6) is 0.349. The van der Waals surface area contributed by atoms with Crippen molar-refractivity contribution in [2.24, 2.45) is 0 Å². The lowest BCUT2D eigenvalue weighted by Gasteiger charge is -1.97.